The predicted molar refractivity (Wildman–Crippen MR) is 95.9 cm³/mol. The molecule has 0 saturated carbocycles. The molecule has 3 heterocycles. The Morgan fingerprint density at radius 3 is 2.62 bits per heavy atom. The van der Waals surface area contributed by atoms with E-state index in [1.54, 1.807) is 11.0 Å². The predicted octanol–water partition coefficient (Wildman–Crippen LogP) is 3.30. The third-order valence-corrected chi connectivity index (χ3v) is 4.60. The number of alkyl halides is 3. The van der Waals surface area contributed by atoms with Crippen molar-refractivity contribution in [3.05, 3.63) is 47.0 Å². The summed E-state index contributed by atoms with van der Waals surface area (Å²) in [5.41, 5.74) is 0.576. The average Bonchev–Trinajstić information content (AvgIpc) is 3.21. The van der Waals surface area contributed by atoms with E-state index in [9.17, 15) is 22.8 Å². The highest BCUT2D eigenvalue weighted by Crippen LogP contribution is 2.25. The molecule has 2 aromatic heterocycles. The van der Waals surface area contributed by atoms with Gasteiger partial charge in [0.05, 0.1) is 17.4 Å². The van der Waals surface area contributed by atoms with Crippen LogP contribution in [0.15, 0.2) is 35.3 Å². The number of nitrogens with one attached hydrogen (secondary N) is 1. The first kappa shape index (κ1) is 21.0. The summed E-state index contributed by atoms with van der Waals surface area (Å²) >= 11 is 5.86. The number of aromatic nitrogens is 1. The van der Waals surface area contributed by atoms with Gasteiger partial charge in [0.1, 0.15) is 11.3 Å². The second-order valence-corrected chi connectivity index (χ2v) is 6.87. The second kappa shape index (κ2) is 8.73. The summed E-state index contributed by atoms with van der Waals surface area (Å²) in [7, 11) is 0. The topological polar surface area (TPSA) is 84.7 Å². The number of piperidine rings is 1. The largest absolute Gasteiger partial charge is 0.472 e. The smallest absolute Gasteiger partial charge is 0.422 e. The number of furan rings is 1. The molecule has 7 nitrogen and oxygen atoms in total. The molecule has 29 heavy (non-hydrogen) atoms. The molecular formula is C18H17ClF3N3O4. The summed E-state index contributed by atoms with van der Waals surface area (Å²) in [5.74, 6) is -0.984. The molecule has 0 atom stereocenters. The van der Waals surface area contributed by atoms with Gasteiger partial charge < -0.3 is 19.4 Å². The number of ether oxygens (including phenoxy) is 1. The number of carbonyl (C=O) groups is 2. The molecule has 0 aliphatic carbocycles. The Kier molecular flexibility index (Phi) is 6.31. The number of hydrogen-bond donors (Lipinski definition) is 1. The number of carbonyl (C=O) groups excluding carboxylic acids is 2. The molecule has 0 bridgehead atoms. The van der Waals surface area contributed by atoms with E-state index >= 15 is 0 Å². The number of pyridine rings is 1. The van der Waals surface area contributed by atoms with Crippen LogP contribution in [0.1, 0.15) is 33.6 Å². The van der Waals surface area contributed by atoms with Crippen molar-refractivity contribution < 1.29 is 31.9 Å². The van der Waals surface area contributed by atoms with Crippen LogP contribution in [0, 0.1) is 0 Å². The van der Waals surface area contributed by atoms with Crippen LogP contribution < -0.4 is 10.1 Å². The third kappa shape index (κ3) is 5.63. The molecule has 3 rings (SSSR count). The van der Waals surface area contributed by atoms with E-state index in [0.717, 1.165) is 6.20 Å². The van der Waals surface area contributed by atoms with Crippen molar-refractivity contribution in [3.63, 3.8) is 0 Å². The summed E-state index contributed by atoms with van der Waals surface area (Å²) in [4.78, 5) is 30.0. The Hall–Kier alpha value is -2.75. The highest BCUT2D eigenvalue weighted by atomic mass is 35.5. The minimum Gasteiger partial charge on any atom is -0.472 e. The summed E-state index contributed by atoms with van der Waals surface area (Å²) < 4.78 is 46.0. The molecule has 0 unspecified atom stereocenters. The van der Waals surface area contributed by atoms with E-state index in [-0.39, 0.29) is 22.5 Å². The van der Waals surface area contributed by atoms with E-state index in [2.05, 4.69) is 15.0 Å². The maximum Gasteiger partial charge on any atom is 0.422 e. The Morgan fingerprint density at radius 2 is 2.03 bits per heavy atom. The van der Waals surface area contributed by atoms with Crippen LogP contribution >= 0.6 is 11.6 Å². The zero-order valence-corrected chi connectivity index (χ0v) is 15.8. The van der Waals surface area contributed by atoms with Crippen molar-refractivity contribution in [1.29, 1.82) is 0 Å². The lowest BCUT2D eigenvalue weighted by atomic mass is 10.0. The molecule has 0 aromatic carbocycles. The van der Waals surface area contributed by atoms with E-state index in [4.69, 9.17) is 16.0 Å². The standard InChI is InChI=1S/C18H17ClF3N3O4/c19-14-7-12(8-23-16(14)29-10-18(20,21)22)15(26)24-13-1-4-25(5-2-13)17(27)11-3-6-28-9-11/h3,6-9,13H,1-2,4-5,10H2,(H,24,26). The molecule has 156 valence electrons. The quantitative estimate of drug-likeness (QED) is 0.785. The number of nitrogens with zero attached hydrogens (tertiary/aromatic N) is 2. The monoisotopic (exact) mass is 431 g/mol. The molecule has 1 saturated heterocycles. The van der Waals surface area contributed by atoms with Gasteiger partial charge in [-0.25, -0.2) is 4.98 Å². The summed E-state index contributed by atoms with van der Waals surface area (Å²) in [6, 6.07) is 2.64. The lowest BCUT2D eigenvalue weighted by Crippen LogP contribution is -2.46. The fourth-order valence-electron chi connectivity index (χ4n) is 2.87. The van der Waals surface area contributed by atoms with Crippen LogP contribution in [0.25, 0.3) is 0 Å². The maximum absolute atomic E-state index is 12.4. The molecule has 11 heteroatoms. The van der Waals surface area contributed by atoms with Gasteiger partial charge in [-0.3, -0.25) is 9.59 Å². The van der Waals surface area contributed by atoms with Crippen molar-refractivity contribution in [2.24, 2.45) is 0 Å². The zero-order valence-electron chi connectivity index (χ0n) is 15.0. The minimum absolute atomic E-state index is 0.103. The highest BCUT2D eigenvalue weighted by Gasteiger charge is 2.29. The Morgan fingerprint density at radius 1 is 1.31 bits per heavy atom. The van der Waals surface area contributed by atoms with Crippen LogP contribution in [-0.2, 0) is 0 Å². The minimum atomic E-state index is -4.52. The number of amides is 2. The van der Waals surface area contributed by atoms with Crippen molar-refractivity contribution in [2.75, 3.05) is 19.7 Å². The van der Waals surface area contributed by atoms with Crippen LogP contribution in [0.5, 0.6) is 5.88 Å². The second-order valence-electron chi connectivity index (χ2n) is 6.47. The molecule has 2 aromatic rings. The number of rotatable bonds is 5. The Bertz CT molecular complexity index is 866. The summed E-state index contributed by atoms with van der Waals surface area (Å²) in [6.07, 6.45) is 0.514. The van der Waals surface area contributed by atoms with Crippen LogP contribution in [-0.4, -0.2) is 53.6 Å². The van der Waals surface area contributed by atoms with Gasteiger partial charge in [0.15, 0.2) is 6.61 Å². The van der Waals surface area contributed by atoms with Gasteiger partial charge in [-0.1, -0.05) is 11.6 Å². The highest BCUT2D eigenvalue weighted by molar-refractivity contribution is 6.32. The first-order valence-corrected chi connectivity index (χ1v) is 9.08. The van der Waals surface area contributed by atoms with Crippen molar-refractivity contribution >= 4 is 23.4 Å². The SMILES string of the molecule is O=C(NC1CCN(C(=O)c2ccoc2)CC1)c1cnc(OCC(F)(F)F)c(Cl)c1. The Labute approximate surface area is 168 Å². The van der Waals surface area contributed by atoms with Gasteiger partial charge in [0, 0.05) is 25.3 Å². The summed E-state index contributed by atoms with van der Waals surface area (Å²) in [5, 5.41) is 2.63. The number of hydrogen-bond acceptors (Lipinski definition) is 5. The van der Waals surface area contributed by atoms with Gasteiger partial charge >= 0.3 is 6.18 Å². The average molecular weight is 432 g/mol. The van der Waals surface area contributed by atoms with Crippen molar-refractivity contribution in [2.45, 2.75) is 25.1 Å². The molecule has 1 aliphatic heterocycles. The van der Waals surface area contributed by atoms with Crippen LogP contribution in [0.4, 0.5) is 13.2 Å². The first-order valence-electron chi connectivity index (χ1n) is 8.70. The van der Waals surface area contributed by atoms with Crippen LogP contribution in [0.3, 0.4) is 0 Å². The van der Waals surface area contributed by atoms with Gasteiger partial charge in [-0.2, -0.15) is 13.2 Å². The lowest BCUT2D eigenvalue weighted by molar-refractivity contribution is -0.154. The van der Waals surface area contributed by atoms with Gasteiger partial charge in [-0.05, 0) is 25.0 Å². The van der Waals surface area contributed by atoms with E-state index in [1.165, 1.54) is 18.6 Å². The van der Waals surface area contributed by atoms with E-state index in [1.807, 2.05) is 0 Å². The number of likely N-dealkylation sites (tertiary alicyclic amines) is 1. The molecule has 2 amide bonds. The van der Waals surface area contributed by atoms with E-state index in [0.29, 0.717) is 31.5 Å². The van der Waals surface area contributed by atoms with Gasteiger partial charge in [0.25, 0.3) is 11.8 Å². The fourth-order valence-corrected chi connectivity index (χ4v) is 3.09. The van der Waals surface area contributed by atoms with Crippen molar-refractivity contribution in [3.8, 4) is 5.88 Å². The van der Waals surface area contributed by atoms with Crippen molar-refractivity contribution in [1.82, 2.24) is 15.2 Å². The normalized spacial score (nSPS) is 15.2. The van der Waals surface area contributed by atoms with E-state index < -0.39 is 24.6 Å². The molecule has 1 N–H and O–H groups in total. The van der Waals surface area contributed by atoms with Gasteiger partial charge in [0.2, 0.25) is 5.88 Å². The zero-order chi connectivity index (χ0) is 21.0. The Balaban J connectivity index is 1.52. The molecule has 1 fully saturated rings. The molecular weight excluding hydrogens is 415 g/mol. The molecule has 0 radical (unpaired) electrons. The molecule has 1 aliphatic rings. The molecule has 0 spiro atoms. The maximum atomic E-state index is 12.4. The summed E-state index contributed by atoms with van der Waals surface area (Å²) in [6.45, 7) is -0.586. The van der Waals surface area contributed by atoms with Crippen LogP contribution in [0.2, 0.25) is 5.02 Å². The van der Waals surface area contributed by atoms with Gasteiger partial charge in [-0.15, -0.1) is 0 Å². The first-order chi connectivity index (χ1) is 13.7. The third-order valence-electron chi connectivity index (χ3n) is 4.33. The lowest BCUT2D eigenvalue weighted by Gasteiger charge is -2.32. The number of halogens is 4. The fraction of sp³-hybridized carbons (Fsp3) is 0.389.